The minimum atomic E-state index is 0.803. The van der Waals surface area contributed by atoms with Crippen LogP contribution >= 0.6 is 11.3 Å². The number of hydrogen-bond acceptors (Lipinski definition) is 4. The standard InChI is InChI=1S/C50H30N2OS/c1-5-13-35-29(9-1)25-30-10-2-6-14-36(30)45(35)33-17-19-43-41(27-33)47-49(53-43)39(21-23-51-47)40-22-24-52-48-42-28-34(18-20-44(42)54-50(40)48)46-37-15-7-3-11-31(37)26-32-12-4-8-16-38(32)46/h1,3-9,11-28H,2,10H2. The summed E-state index contributed by atoms with van der Waals surface area (Å²) in [5, 5.41) is 9.74. The maximum Gasteiger partial charge on any atom is 0.161 e. The van der Waals surface area contributed by atoms with Gasteiger partial charge >= 0.3 is 0 Å². The van der Waals surface area contributed by atoms with Crippen molar-refractivity contribution in [2.24, 2.45) is 0 Å². The molecular formula is C50H30N2OS. The lowest BCUT2D eigenvalue weighted by Gasteiger charge is -2.18. The fourth-order valence-electron chi connectivity index (χ4n) is 8.94. The summed E-state index contributed by atoms with van der Waals surface area (Å²) in [7, 11) is 0. The van der Waals surface area contributed by atoms with Gasteiger partial charge in [-0.3, -0.25) is 9.97 Å². The Kier molecular flexibility index (Phi) is 6.33. The molecule has 12 rings (SSSR count). The molecule has 0 atom stereocenters. The Morgan fingerprint density at radius 2 is 1.19 bits per heavy atom. The van der Waals surface area contributed by atoms with Crippen LogP contribution in [0.1, 0.15) is 17.5 Å². The summed E-state index contributed by atoms with van der Waals surface area (Å²) < 4.78 is 9.08. The van der Waals surface area contributed by atoms with Gasteiger partial charge in [-0.2, -0.15) is 0 Å². The van der Waals surface area contributed by atoms with Crippen molar-refractivity contribution in [3.63, 3.8) is 0 Å². The highest BCUT2D eigenvalue weighted by atomic mass is 32.1. The minimum Gasteiger partial charge on any atom is -0.454 e. The van der Waals surface area contributed by atoms with E-state index in [0.717, 1.165) is 56.3 Å². The molecule has 4 heterocycles. The van der Waals surface area contributed by atoms with Crippen LogP contribution in [0.5, 0.6) is 0 Å². The van der Waals surface area contributed by atoms with E-state index in [1.807, 2.05) is 12.4 Å². The van der Waals surface area contributed by atoms with Crippen LogP contribution in [0.2, 0.25) is 0 Å². The van der Waals surface area contributed by atoms with Gasteiger partial charge in [-0.1, -0.05) is 103 Å². The van der Waals surface area contributed by atoms with Gasteiger partial charge in [0.2, 0.25) is 0 Å². The van der Waals surface area contributed by atoms with E-state index in [4.69, 9.17) is 14.4 Å². The fraction of sp³-hybridized carbons (Fsp3) is 0.0400. The summed E-state index contributed by atoms with van der Waals surface area (Å²) in [5.74, 6) is 0. The maximum absolute atomic E-state index is 6.72. The van der Waals surface area contributed by atoms with Crippen molar-refractivity contribution in [3.8, 4) is 33.4 Å². The zero-order chi connectivity index (χ0) is 35.3. The quantitative estimate of drug-likeness (QED) is 0.172. The molecule has 0 N–H and O–H groups in total. The number of fused-ring (bicyclic) bond motifs is 10. The lowest BCUT2D eigenvalue weighted by atomic mass is 9.85. The molecule has 1 aliphatic rings. The van der Waals surface area contributed by atoms with Crippen molar-refractivity contribution in [3.05, 3.63) is 163 Å². The SMILES string of the molecule is C1=Cc2c(cc3ccccc3c2-c2ccc3oc4c(-c5ccnc6c5sc5ccc(-c7c8ccccc8cc8ccccc78)cc56)ccnc4c3c2)CC1. The first-order valence-corrected chi connectivity index (χ1v) is 19.3. The molecule has 7 aromatic carbocycles. The lowest BCUT2D eigenvalue weighted by molar-refractivity contribution is 0.669. The molecule has 0 saturated carbocycles. The predicted molar refractivity (Wildman–Crippen MR) is 228 cm³/mol. The molecule has 4 heteroatoms. The first kappa shape index (κ1) is 29.9. The monoisotopic (exact) mass is 706 g/mol. The van der Waals surface area contributed by atoms with Gasteiger partial charge in [-0.25, -0.2) is 0 Å². The zero-order valence-corrected chi connectivity index (χ0v) is 30.0. The first-order chi connectivity index (χ1) is 26.8. The number of nitrogens with zero attached hydrogens (tertiary/aromatic N) is 2. The molecule has 4 aromatic heterocycles. The summed E-state index contributed by atoms with van der Waals surface area (Å²) in [4.78, 5) is 9.94. The topological polar surface area (TPSA) is 38.9 Å². The molecule has 0 radical (unpaired) electrons. The van der Waals surface area contributed by atoms with Crippen LogP contribution in [0, 0.1) is 0 Å². The summed E-state index contributed by atoms with van der Waals surface area (Å²) >= 11 is 1.79. The number of furan rings is 1. The molecule has 0 saturated heterocycles. The van der Waals surface area contributed by atoms with Crippen LogP contribution in [0.3, 0.4) is 0 Å². The fourth-order valence-corrected chi connectivity index (χ4v) is 10.1. The van der Waals surface area contributed by atoms with Gasteiger partial charge in [0.15, 0.2) is 5.58 Å². The second-order valence-corrected chi connectivity index (χ2v) is 15.4. The van der Waals surface area contributed by atoms with Gasteiger partial charge in [0.1, 0.15) is 11.1 Å². The third-order valence-electron chi connectivity index (χ3n) is 11.4. The van der Waals surface area contributed by atoms with E-state index in [0.29, 0.717) is 0 Å². The number of thiophene rings is 1. The highest BCUT2D eigenvalue weighted by molar-refractivity contribution is 7.26. The van der Waals surface area contributed by atoms with E-state index < -0.39 is 0 Å². The van der Waals surface area contributed by atoms with Crippen LogP contribution < -0.4 is 0 Å². The van der Waals surface area contributed by atoms with Gasteiger partial charge in [0.25, 0.3) is 0 Å². The summed E-state index contributed by atoms with van der Waals surface area (Å²) in [5.41, 5.74) is 13.3. The Labute approximate surface area is 314 Å². The van der Waals surface area contributed by atoms with Crippen molar-refractivity contribution < 1.29 is 4.42 Å². The normalized spacial score (nSPS) is 13.0. The third kappa shape index (κ3) is 4.35. The number of pyridine rings is 2. The van der Waals surface area contributed by atoms with E-state index >= 15 is 0 Å². The Balaban J connectivity index is 1.04. The largest absolute Gasteiger partial charge is 0.454 e. The number of rotatable bonds is 3. The van der Waals surface area contributed by atoms with Crippen molar-refractivity contribution in [2.45, 2.75) is 12.8 Å². The van der Waals surface area contributed by atoms with Crippen molar-refractivity contribution in [1.82, 2.24) is 9.97 Å². The van der Waals surface area contributed by atoms with Crippen LogP contribution in [0.25, 0.3) is 114 Å². The molecule has 0 fully saturated rings. The van der Waals surface area contributed by atoms with Gasteiger partial charge in [-0.15, -0.1) is 11.3 Å². The molecule has 0 aliphatic heterocycles. The van der Waals surface area contributed by atoms with E-state index in [1.54, 1.807) is 11.3 Å². The summed E-state index contributed by atoms with van der Waals surface area (Å²) in [6, 6.07) is 48.5. The second-order valence-electron chi connectivity index (χ2n) is 14.4. The van der Waals surface area contributed by atoms with Gasteiger partial charge in [0.05, 0.1) is 10.2 Å². The number of aryl methyl sites for hydroxylation is 1. The van der Waals surface area contributed by atoms with Gasteiger partial charge in [0, 0.05) is 39.0 Å². The number of hydrogen-bond donors (Lipinski definition) is 0. The molecule has 11 aromatic rings. The first-order valence-electron chi connectivity index (χ1n) is 18.5. The van der Waals surface area contributed by atoms with Crippen LogP contribution in [0.15, 0.2) is 156 Å². The Hall–Kier alpha value is -6.62. The smallest absolute Gasteiger partial charge is 0.161 e. The van der Waals surface area contributed by atoms with Crippen LogP contribution in [-0.4, -0.2) is 9.97 Å². The minimum absolute atomic E-state index is 0.803. The second kappa shape index (κ2) is 11.4. The molecule has 0 amide bonds. The number of allylic oxidation sites excluding steroid dienone is 1. The Bertz CT molecular complexity index is 3350. The van der Waals surface area contributed by atoms with Crippen LogP contribution in [0.4, 0.5) is 0 Å². The van der Waals surface area contributed by atoms with E-state index in [1.165, 1.54) is 75.8 Å². The van der Waals surface area contributed by atoms with Crippen molar-refractivity contribution in [1.29, 1.82) is 0 Å². The van der Waals surface area contributed by atoms with Crippen molar-refractivity contribution >= 4 is 92.1 Å². The Morgan fingerprint density at radius 3 is 1.98 bits per heavy atom. The molecule has 3 nitrogen and oxygen atoms in total. The van der Waals surface area contributed by atoms with E-state index in [-0.39, 0.29) is 0 Å². The number of benzene rings is 7. The van der Waals surface area contributed by atoms with Crippen molar-refractivity contribution in [2.75, 3.05) is 0 Å². The summed E-state index contributed by atoms with van der Waals surface area (Å²) in [6.45, 7) is 0. The summed E-state index contributed by atoms with van der Waals surface area (Å²) in [6.07, 6.45) is 10.6. The lowest BCUT2D eigenvalue weighted by Crippen LogP contribution is -1.98. The van der Waals surface area contributed by atoms with Crippen LogP contribution in [-0.2, 0) is 6.42 Å². The molecule has 1 aliphatic carbocycles. The molecule has 0 unspecified atom stereocenters. The molecule has 0 spiro atoms. The molecular weight excluding hydrogens is 677 g/mol. The average Bonchev–Trinajstić information content (AvgIpc) is 3.80. The number of aromatic nitrogens is 2. The highest BCUT2D eigenvalue weighted by Gasteiger charge is 2.21. The molecule has 54 heavy (non-hydrogen) atoms. The molecule has 252 valence electrons. The van der Waals surface area contributed by atoms with Gasteiger partial charge < -0.3 is 4.42 Å². The molecule has 0 bridgehead atoms. The third-order valence-corrected chi connectivity index (χ3v) is 12.6. The highest BCUT2D eigenvalue weighted by Crippen LogP contribution is 2.46. The van der Waals surface area contributed by atoms with E-state index in [9.17, 15) is 0 Å². The predicted octanol–water partition coefficient (Wildman–Crippen LogP) is 14.2. The zero-order valence-electron chi connectivity index (χ0n) is 29.1. The Morgan fingerprint density at radius 1 is 0.537 bits per heavy atom. The maximum atomic E-state index is 6.72. The van der Waals surface area contributed by atoms with E-state index in [2.05, 4.69) is 146 Å². The van der Waals surface area contributed by atoms with Gasteiger partial charge in [-0.05, 0) is 121 Å². The average molecular weight is 707 g/mol.